The standard InChI is InChI=1S/C14H17FN2O/c1-14(2,16)8-10-6-9-7-11(15)4-5-12(9)17(3)13(10)18/h4-7H,8,16H2,1-3H3. The number of aryl methyl sites for hydroxylation is 1. The normalized spacial score (nSPS) is 12.1. The summed E-state index contributed by atoms with van der Waals surface area (Å²) in [7, 11) is 1.69. The van der Waals surface area contributed by atoms with Crippen molar-refractivity contribution >= 4 is 10.9 Å². The molecule has 18 heavy (non-hydrogen) atoms. The van der Waals surface area contributed by atoms with Crippen LogP contribution in [0.4, 0.5) is 4.39 Å². The molecule has 0 amide bonds. The van der Waals surface area contributed by atoms with Gasteiger partial charge in [-0.2, -0.15) is 0 Å². The number of aromatic nitrogens is 1. The molecule has 0 saturated heterocycles. The molecule has 0 radical (unpaired) electrons. The third-order valence-corrected chi connectivity index (χ3v) is 2.91. The Bertz CT molecular complexity index is 653. The maximum Gasteiger partial charge on any atom is 0.254 e. The molecule has 2 aromatic rings. The zero-order valence-electron chi connectivity index (χ0n) is 10.8. The molecular formula is C14H17FN2O. The molecule has 0 spiro atoms. The summed E-state index contributed by atoms with van der Waals surface area (Å²) in [5.74, 6) is -0.306. The summed E-state index contributed by atoms with van der Waals surface area (Å²) in [6.07, 6.45) is 0.464. The van der Waals surface area contributed by atoms with Gasteiger partial charge in [0.15, 0.2) is 0 Å². The van der Waals surface area contributed by atoms with Crippen molar-refractivity contribution in [1.82, 2.24) is 4.57 Å². The second kappa shape index (κ2) is 4.21. The second-order valence-corrected chi connectivity index (χ2v) is 5.40. The first-order chi connectivity index (χ1) is 8.28. The van der Waals surface area contributed by atoms with Crippen molar-refractivity contribution in [1.29, 1.82) is 0 Å². The molecule has 2 N–H and O–H groups in total. The van der Waals surface area contributed by atoms with Crippen LogP contribution in [0.2, 0.25) is 0 Å². The number of pyridine rings is 1. The molecule has 4 heteroatoms. The highest BCUT2D eigenvalue weighted by Gasteiger charge is 2.16. The van der Waals surface area contributed by atoms with Crippen molar-refractivity contribution in [2.45, 2.75) is 25.8 Å². The summed E-state index contributed by atoms with van der Waals surface area (Å²) in [5.41, 5.74) is 6.73. The summed E-state index contributed by atoms with van der Waals surface area (Å²) in [5, 5.41) is 0.719. The van der Waals surface area contributed by atoms with E-state index in [-0.39, 0.29) is 11.4 Å². The molecule has 0 bridgehead atoms. The number of hydrogen-bond donors (Lipinski definition) is 1. The van der Waals surface area contributed by atoms with Gasteiger partial charge in [0.1, 0.15) is 5.82 Å². The average molecular weight is 248 g/mol. The Morgan fingerprint density at radius 3 is 2.61 bits per heavy atom. The highest BCUT2D eigenvalue weighted by atomic mass is 19.1. The predicted molar refractivity (Wildman–Crippen MR) is 71.1 cm³/mol. The molecule has 3 nitrogen and oxygen atoms in total. The molecule has 2 rings (SSSR count). The predicted octanol–water partition coefficient (Wildman–Crippen LogP) is 1.96. The molecule has 0 unspecified atom stereocenters. The number of nitrogens with zero attached hydrogens (tertiary/aromatic N) is 1. The van der Waals surface area contributed by atoms with Gasteiger partial charge in [-0.25, -0.2) is 4.39 Å². The van der Waals surface area contributed by atoms with E-state index in [1.807, 2.05) is 13.8 Å². The van der Waals surface area contributed by atoms with Crippen LogP contribution in [0.25, 0.3) is 10.9 Å². The van der Waals surface area contributed by atoms with E-state index >= 15 is 0 Å². The molecule has 0 aliphatic rings. The van der Waals surface area contributed by atoms with E-state index in [4.69, 9.17) is 5.73 Å². The van der Waals surface area contributed by atoms with E-state index in [0.29, 0.717) is 12.0 Å². The molecule has 96 valence electrons. The Hall–Kier alpha value is -1.68. The minimum absolute atomic E-state index is 0.0763. The van der Waals surface area contributed by atoms with Crippen LogP contribution in [0.1, 0.15) is 19.4 Å². The van der Waals surface area contributed by atoms with Crippen molar-refractivity contribution < 1.29 is 4.39 Å². The van der Waals surface area contributed by atoms with Gasteiger partial charge in [-0.15, -0.1) is 0 Å². The largest absolute Gasteiger partial charge is 0.325 e. The van der Waals surface area contributed by atoms with Crippen LogP contribution < -0.4 is 11.3 Å². The van der Waals surface area contributed by atoms with Crippen molar-refractivity contribution in [2.24, 2.45) is 12.8 Å². The Kier molecular flexibility index (Phi) is 2.99. The van der Waals surface area contributed by atoms with Crippen LogP contribution in [-0.2, 0) is 13.5 Å². The fourth-order valence-corrected chi connectivity index (χ4v) is 2.14. The molecule has 0 atom stereocenters. The third kappa shape index (κ3) is 2.43. The van der Waals surface area contributed by atoms with Crippen LogP contribution in [0.3, 0.4) is 0 Å². The Labute approximate surface area is 105 Å². The molecule has 1 aromatic carbocycles. The van der Waals surface area contributed by atoms with Crippen LogP contribution in [-0.4, -0.2) is 10.1 Å². The zero-order chi connectivity index (χ0) is 13.5. The molecule has 1 heterocycles. The lowest BCUT2D eigenvalue weighted by molar-refractivity contribution is 0.513. The number of benzene rings is 1. The van der Waals surface area contributed by atoms with Crippen LogP contribution >= 0.6 is 0 Å². The third-order valence-electron chi connectivity index (χ3n) is 2.91. The van der Waals surface area contributed by atoms with E-state index in [1.165, 1.54) is 16.7 Å². The van der Waals surface area contributed by atoms with E-state index in [1.54, 1.807) is 19.2 Å². The fourth-order valence-electron chi connectivity index (χ4n) is 2.14. The number of hydrogen-bond acceptors (Lipinski definition) is 2. The lowest BCUT2D eigenvalue weighted by Crippen LogP contribution is -2.37. The van der Waals surface area contributed by atoms with Gasteiger partial charge in [-0.1, -0.05) is 0 Å². The van der Waals surface area contributed by atoms with Gasteiger partial charge < -0.3 is 10.3 Å². The highest BCUT2D eigenvalue weighted by Crippen LogP contribution is 2.16. The van der Waals surface area contributed by atoms with Gasteiger partial charge in [0.05, 0.1) is 5.52 Å². The van der Waals surface area contributed by atoms with Crippen molar-refractivity contribution in [3.8, 4) is 0 Å². The molecule has 0 saturated carbocycles. The molecule has 0 fully saturated rings. The Morgan fingerprint density at radius 2 is 2.00 bits per heavy atom. The summed E-state index contributed by atoms with van der Waals surface area (Å²) in [6.45, 7) is 3.73. The number of rotatable bonds is 2. The first kappa shape index (κ1) is 12.8. The van der Waals surface area contributed by atoms with Crippen LogP contribution in [0.5, 0.6) is 0 Å². The molecular weight excluding hydrogens is 231 g/mol. The van der Waals surface area contributed by atoms with Gasteiger partial charge in [0.25, 0.3) is 5.56 Å². The summed E-state index contributed by atoms with van der Waals surface area (Å²) >= 11 is 0. The lowest BCUT2D eigenvalue weighted by Gasteiger charge is -2.19. The SMILES string of the molecule is Cn1c(=O)c(CC(C)(C)N)cc2cc(F)ccc21. The quantitative estimate of drug-likeness (QED) is 0.883. The number of halogens is 1. The first-order valence-corrected chi connectivity index (χ1v) is 5.85. The minimum Gasteiger partial charge on any atom is -0.325 e. The molecule has 1 aromatic heterocycles. The van der Waals surface area contributed by atoms with Gasteiger partial charge in [-0.05, 0) is 44.5 Å². The lowest BCUT2D eigenvalue weighted by atomic mass is 9.96. The van der Waals surface area contributed by atoms with Crippen LogP contribution in [0, 0.1) is 5.82 Å². The average Bonchev–Trinajstić information content (AvgIpc) is 2.23. The van der Waals surface area contributed by atoms with E-state index in [2.05, 4.69) is 0 Å². The first-order valence-electron chi connectivity index (χ1n) is 5.85. The monoisotopic (exact) mass is 248 g/mol. The number of nitrogens with two attached hydrogens (primary N) is 1. The number of fused-ring (bicyclic) bond motifs is 1. The van der Waals surface area contributed by atoms with E-state index < -0.39 is 5.54 Å². The maximum atomic E-state index is 13.2. The maximum absolute atomic E-state index is 13.2. The van der Waals surface area contributed by atoms with Crippen molar-refractivity contribution in [2.75, 3.05) is 0 Å². The Balaban J connectivity index is 2.69. The summed E-state index contributed by atoms with van der Waals surface area (Å²) in [4.78, 5) is 12.2. The van der Waals surface area contributed by atoms with E-state index in [9.17, 15) is 9.18 Å². The van der Waals surface area contributed by atoms with E-state index in [0.717, 1.165) is 10.9 Å². The smallest absolute Gasteiger partial charge is 0.254 e. The second-order valence-electron chi connectivity index (χ2n) is 5.40. The van der Waals surface area contributed by atoms with Crippen molar-refractivity contribution in [3.63, 3.8) is 0 Å². The van der Waals surface area contributed by atoms with Gasteiger partial charge >= 0.3 is 0 Å². The minimum atomic E-state index is -0.465. The molecule has 0 aliphatic heterocycles. The Morgan fingerprint density at radius 1 is 1.33 bits per heavy atom. The van der Waals surface area contributed by atoms with Gasteiger partial charge in [0, 0.05) is 23.5 Å². The summed E-state index contributed by atoms with van der Waals surface area (Å²) in [6, 6.07) is 6.13. The van der Waals surface area contributed by atoms with Gasteiger partial charge in [-0.3, -0.25) is 4.79 Å². The highest BCUT2D eigenvalue weighted by molar-refractivity contribution is 5.79. The summed E-state index contributed by atoms with van der Waals surface area (Å²) < 4.78 is 14.8. The fraction of sp³-hybridized carbons (Fsp3) is 0.357. The van der Waals surface area contributed by atoms with Crippen LogP contribution in [0.15, 0.2) is 29.1 Å². The van der Waals surface area contributed by atoms with Gasteiger partial charge in [0.2, 0.25) is 0 Å². The zero-order valence-corrected chi connectivity index (χ0v) is 10.8. The van der Waals surface area contributed by atoms with Crippen molar-refractivity contribution in [3.05, 3.63) is 46.0 Å². The topological polar surface area (TPSA) is 48.0 Å². The molecule has 0 aliphatic carbocycles.